The summed E-state index contributed by atoms with van der Waals surface area (Å²) in [6.45, 7) is 6.62. The van der Waals surface area contributed by atoms with Crippen LogP contribution in [0.5, 0.6) is 5.75 Å². The molecule has 8 heteroatoms. The van der Waals surface area contributed by atoms with Crippen molar-refractivity contribution in [2.75, 3.05) is 5.73 Å². The first-order chi connectivity index (χ1) is 9.01. The number of phenolic OH excluding ortho intramolecular Hbond substituents is 1. The van der Waals surface area contributed by atoms with Gasteiger partial charge < -0.3 is 19.3 Å². The van der Waals surface area contributed by atoms with Crippen LogP contribution in [0.3, 0.4) is 0 Å². The number of nitrogens with zero attached hydrogens (tertiary/aromatic N) is 2. The van der Waals surface area contributed by atoms with Crippen LogP contribution in [-0.4, -0.2) is 18.5 Å². The smallest absolute Gasteiger partial charge is 0.149 e. The maximum atomic E-state index is 11.1. The Labute approximate surface area is 131 Å². The van der Waals surface area contributed by atoms with Crippen molar-refractivity contribution in [2.45, 2.75) is 4.90 Å². The van der Waals surface area contributed by atoms with Crippen LogP contribution in [0, 0.1) is 0 Å². The second-order valence-corrected chi connectivity index (χ2v) is 4.63. The number of aromatic hydroxyl groups is 1. The third kappa shape index (κ3) is 2.46. The van der Waals surface area contributed by atoms with E-state index in [4.69, 9.17) is 5.73 Å². The Bertz CT molecular complexity index is 779. The van der Waals surface area contributed by atoms with E-state index in [9.17, 15) is 13.5 Å². The number of phenols is 1. The van der Waals surface area contributed by atoms with Crippen molar-refractivity contribution in [1.29, 1.82) is 0 Å². The van der Waals surface area contributed by atoms with Crippen LogP contribution in [0.1, 0.15) is 0 Å². The average molecular weight is 372 g/mol. The fourth-order valence-electron chi connectivity index (χ4n) is 1.87. The summed E-state index contributed by atoms with van der Waals surface area (Å²) >= 11 is 0. The van der Waals surface area contributed by atoms with Crippen molar-refractivity contribution >= 4 is 52.0 Å². The molecule has 0 heterocycles. The molecule has 0 aliphatic carbocycles. The third-order valence-corrected chi connectivity index (χ3v) is 3.41. The van der Waals surface area contributed by atoms with E-state index in [2.05, 4.69) is 23.4 Å². The molecule has 0 saturated heterocycles. The normalized spacial score (nSPS) is 10.2. The molecule has 6 nitrogen and oxygen atoms in total. The molecule has 0 radical (unpaired) electrons. The second-order valence-electron chi connectivity index (χ2n) is 3.72. The Morgan fingerprint density at radius 2 is 1.85 bits per heavy atom. The summed E-state index contributed by atoms with van der Waals surface area (Å²) in [5, 5.41) is 10.9. The van der Waals surface area contributed by atoms with Gasteiger partial charge in [-0.05, 0) is 35.6 Å². The van der Waals surface area contributed by atoms with Crippen molar-refractivity contribution in [3.8, 4) is 5.75 Å². The Balaban J connectivity index is 0.00000200. The minimum atomic E-state index is -2.54. The van der Waals surface area contributed by atoms with Gasteiger partial charge in [0.1, 0.15) is 5.75 Å². The summed E-state index contributed by atoms with van der Waals surface area (Å²) in [5.41, 5.74) is 6.34. The zero-order valence-electron chi connectivity index (χ0n) is 10.2. The summed E-state index contributed by atoms with van der Waals surface area (Å²) in [6, 6.07) is 4.55. The van der Waals surface area contributed by atoms with E-state index in [1.807, 2.05) is 0 Å². The molecular weight excluding hydrogens is 362 g/mol. The number of rotatable bonds is 3. The maximum Gasteiger partial charge on any atom is 0.149 e. The summed E-state index contributed by atoms with van der Waals surface area (Å²) in [5.74, 6) is -0.338. The number of nitrogen functional groups attached to an aromatic ring is 1. The fourth-order valence-corrected chi connectivity index (χ4v) is 2.41. The van der Waals surface area contributed by atoms with Gasteiger partial charge >= 0.3 is 0 Å². The second kappa shape index (κ2) is 6.15. The quantitative estimate of drug-likeness (QED) is 0.374. The molecule has 0 atom stereocenters. The number of anilines is 1. The van der Waals surface area contributed by atoms with Gasteiger partial charge in [-0.1, -0.05) is 17.0 Å². The van der Waals surface area contributed by atoms with Gasteiger partial charge in [0.2, 0.25) is 0 Å². The molecule has 0 fully saturated rings. The number of hydrogen-bond donors (Lipinski definition) is 2. The first-order valence-corrected chi connectivity index (χ1v) is 6.19. The van der Waals surface area contributed by atoms with Crippen LogP contribution in [-0.2, 0) is 40.2 Å². The van der Waals surface area contributed by atoms with Gasteiger partial charge in [-0.15, -0.1) is 0 Å². The zero-order valence-corrected chi connectivity index (χ0v) is 13.0. The Kier molecular flexibility index (Phi) is 5.02. The number of benzene rings is 2. The minimum absolute atomic E-state index is 0. The molecule has 2 aromatic rings. The van der Waals surface area contributed by atoms with Crippen LogP contribution < -0.4 is 5.73 Å². The molecule has 0 aromatic heterocycles. The molecule has 2 rings (SSSR count). The molecule has 0 saturated carbocycles. The van der Waals surface area contributed by atoms with E-state index < -0.39 is 10.7 Å². The topological polar surface area (TPSA) is 105 Å². The van der Waals surface area contributed by atoms with Gasteiger partial charge in [0, 0.05) is 21.1 Å². The SMILES string of the molecule is C=Nc1ccc2cc([S-](=O)=O)c(N=C)c(O)c2c1N.[Mo]. The van der Waals surface area contributed by atoms with E-state index >= 15 is 0 Å². The molecule has 0 amide bonds. The molecular formula is C12H10MoN3O3S-. The molecule has 0 bridgehead atoms. The molecule has 3 N–H and O–H groups in total. The van der Waals surface area contributed by atoms with Crippen molar-refractivity contribution in [2.24, 2.45) is 9.98 Å². The standard InChI is InChI=1S/C12H10N3O3S.Mo/c1-14-7-4-3-6-5-8(19(17)18)11(15-2)12(16)9(6)10(7)13;/h3-5,16H,1-2,13H2;/q-1;. The molecule has 20 heavy (non-hydrogen) atoms. The fraction of sp³-hybridized carbons (Fsp3) is 0. The number of aliphatic imine (C=N–C) groups is 2. The summed E-state index contributed by atoms with van der Waals surface area (Å²) in [7, 11) is -2.54. The van der Waals surface area contributed by atoms with Crippen molar-refractivity contribution < 1.29 is 34.6 Å². The minimum Gasteiger partial charge on any atom is -0.505 e. The van der Waals surface area contributed by atoms with Crippen molar-refractivity contribution in [1.82, 2.24) is 0 Å². The van der Waals surface area contributed by atoms with Crippen molar-refractivity contribution in [3.05, 3.63) is 18.2 Å². The average Bonchev–Trinajstić information content (AvgIpc) is 2.38. The molecule has 104 valence electrons. The van der Waals surface area contributed by atoms with Crippen LogP contribution in [0.15, 0.2) is 33.1 Å². The predicted molar refractivity (Wildman–Crippen MR) is 75.4 cm³/mol. The van der Waals surface area contributed by atoms with Crippen molar-refractivity contribution in [3.63, 3.8) is 0 Å². The van der Waals surface area contributed by atoms with Crippen LogP contribution in [0.25, 0.3) is 10.8 Å². The summed E-state index contributed by atoms with van der Waals surface area (Å²) in [4.78, 5) is 7.12. The number of nitrogens with two attached hydrogens (primary N) is 1. The Hall–Kier alpha value is -1.72. The van der Waals surface area contributed by atoms with E-state index in [0.29, 0.717) is 11.1 Å². The molecule has 0 unspecified atom stereocenters. The first-order valence-electron chi connectivity index (χ1n) is 5.12. The third-order valence-electron chi connectivity index (χ3n) is 2.74. The van der Waals surface area contributed by atoms with Crippen LogP contribution >= 0.6 is 0 Å². The van der Waals surface area contributed by atoms with Gasteiger partial charge in [-0.25, -0.2) is 0 Å². The zero-order chi connectivity index (χ0) is 14.2. The van der Waals surface area contributed by atoms with E-state index in [1.54, 1.807) is 12.1 Å². The number of hydrogen-bond acceptors (Lipinski definition) is 7. The summed E-state index contributed by atoms with van der Waals surface area (Å²) in [6.07, 6.45) is 0. The van der Waals surface area contributed by atoms with E-state index in [1.165, 1.54) is 6.07 Å². The maximum absolute atomic E-state index is 11.1. The van der Waals surface area contributed by atoms with Gasteiger partial charge in [0.15, 0.2) is 0 Å². The van der Waals surface area contributed by atoms with Gasteiger partial charge in [-0.2, -0.15) is 0 Å². The predicted octanol–water partition coefficient (Wildman–Crippen LogP) is 2.46. The van der Waals surface area contributed by atoms with Gasteiger partial charge in [-0.3, -0.25) is 9.98 Å². The van der Waals surface area contributed by atoms with E-state index in [0.717, 1.165) is 0 Å². The molecule has 0 aliphatic rings. The van der Waals surface area contributed by atoms with Gasteiger partial charge in [0.05, 0.1) is 22.4 Å². The monoisotopic (exact) mass is 374 g/mol. The number of fused-ring (bicyclic) bond motifs is 1. The Morgan fingerprint density at radius 1 is 1.20 bits per heavy atom. The summed E-state index contributed by atoms with van der Waals surface area (Å²) < 4.78 is 22.3. The van der Waals surface area contributed by atoms with E-state index in [-0.39, 0.29) is 48.5 Å². The van der Waals surface area contributed by atoms with Crippen LogP contribution in [0.2, 0.25) is 0 Å². The Morgan fingerprint density at radius 3 is 2.35 bits per heavy atom. The molecule has 0 spiro atoms. The first kappa shape index (κ1) is 16.3. The van der Waals surface area contributed by atoms with Gasteiger partial charge in [0.25, 0.3) is 0 Å². The largest absolute Gasteiger partial charge is 0.505 e. The molecule has 2 aromatic carbocycles. The van der Waals surface area contributed by atoms with Crippen LogP contribution in [0.4, 0.5) is 17.1 Å². The molecule has 0 aliphatic heterocycles.